The number of aromatic nitrogens is 2. The van der Waals surface area contributed by atoms with Crippen LogP contribution in [-0.2, 0) is 0 Å². The Morgan fingerprint density at radius 2 is 2.00 bits per heavy atom. The minimum absolute atomic E-state index is 0.465. The summed E-state index contributed by atoms with van der Waals surface area (Å²) in [5, 5.41) is 1.18. The summed E-state index contributed by atoms with van der Waals surface area (Å²) in [7, 11) is 0. The second-order valence-electron chi connectivity index (χ2n) is 2.58. The summed E-state index contributed by atoms with van der Waals surface area (Å²) in [4.78, 5) is 18.3. The Hall–Kier alpha value is -0.900. The highest BCUT2D eigenvalue weighted by atomic mass is 32.2. The van der Waals surface area contributed by atoms with E-state index in [0.717, 1.165) is 11.4 Å². The number of carbonyl (C=O) groups excluding carboxylic acids is 1. The molecular formula is C8H10N2OS. The number of thioether (sulfide) groups is 1. The van der Waals surface area contributed by atoms with Crippen LogP contribution in [0.4, 0.5) is 0 Å². The molecule has 0 spiro atoms. The number of rotatable bonds is 3. The topological polar surface area (TPSA) is 42.9 Å². The van der Waals surface area contributed by atoms with E-state index in [2.05, 4.69) is 23.8 Å². The smallest absolute Gasteiger partial charge is 0.187 e. The maximum Gasteiger partial charge on any atom is 0.187 e. The number of hydrogen-bond acceptors (Lipinski definition) is 4. The van der Waals surface area contributed by atoms with Crippen molar-refractivity contribution in [2.24, 2.45) is 0 Å². The molecule has 12 heavy (non-hydrogen) atoms. The molecule has 1 aromatic heterocycles. The average molecular weight is 182 g/mol. The van der Waals surface area contributed by atoms with Crippen LogP contribution in [0.15, 0.2) is 17.6 Å². The quantitative estimate of drug-likeness (QED) is 0.406. The van der Waals surface area contributed by atoms with Crippen molar-refractivity contribution in [3.8, 4) is 0 Å². The van der Waals surface area contributed by atoms with E-state index in [4.69, 9.17) is 0 Å². The Balaban J connectivity index is 2.71. The first-order valence-electron chi connectivity index (χ1n) is 3.66. The summed E-state index contributed by atoms with van der Waals surface area (Å²) in [6.07, 6.45) is 3.80. The lowest BCUT2D eigenvalue weighted by atomic mass is 10.4. The van der Waals surface area contributed by atoms with E-state index in [-0.39, 0.29) is 0 Å². The lowest BCUT2D eigenvalue weighted by Gasteiger charge is -2.01. The molecule has 0 aromatic carbocycles. The van der Waals surface area contributed by atoms with Gasteiger partial charge >= 0.3 is 0 Å². The van der Waals surface area contributed by atoms with Crippen LogP contribution < -0.4 is 0 Å². The van der Waals surface area contributed by atoms with Crippen LogP contribution in [0.5, 0.6) is 0 Å². The van der Waals surface area contributed by atoms with Crippen LogP contribution in [0.3, 0.4) is 0 Å². The molecule has 0 fully saturated rings. The van der Waals surface area contributed by atoms with Gasteiger partial charge in [-0.1, -0.05) is 25.6 Å². The Kier molecular flexibility index (Phi) is 3.22. The van der Waals surface area contributed by atoms with Crippen molar-refractivity contribution in [1.82, 2.24) is 9.97 Å². The third-order valence-corrected chi connectivity index (χ3v) is 2.02. The lowest BCUT2D eigenvalue weighted by molar-refractivity contribution is 0.112. The minimum Gasteiger partial charge on any atom is -0.298 e. The first kappa shape index (κ1) is 9.19. The van der Waals surface area contributed by atoms with Crippen LogP contribution >= 0.6 is 11.8 Å². The summed E-state index contributed by atoms with van der Waals surface area (Å²) in [5.74, 6) is 0. The van der Waals surface area contributed by atoms with Crippen molar-refractivity contribution in [2.45, 2.75) is 24.3 Å². The summed E-state index contributed by atoms with van der Waals surface area (Å²) in [6, 6.07) is 0. The highest BCUT2D eigenvalue weighted by molar-refractivity contribution is 7.99. The van der Waals surface area contributed by atoms with Gasteiger partial charge in [-0.15, -0.1) is 0 Å². The molecule has 0 unspecified atom stereocenters. The van der Waals surface area contributed by atoms with Gasteiger partial charge in [0.25, 0.3) is 0 Å². The highest BCUT2D eigenvalue weighted by Crippen LogP contribution is 2.17. The number of aldehydes is 1. The minimum atomic E-state index is 0.465. The summed E-state index contributed by atoms with van der Waals surface area (Å²) in [6.45, 7) is 4.14. The lowest BCUT2D eigenvalue weighted by Crippen LogP contribution is -1.93. The number of nitrogens with zero attached hydrogens (tertiary/aromatic N) is 2. The molecule has 0 aliphatic rings. The molecule has 0 atom stereocenters. The van der Waals surface area contributed by atoms with Crippen LogP contribution in [0.25, 0.3) is 0 Å². The van der Waals surface area contributed by atoms with E-state index < -0.39 is 0 Å². The van der Waals surface area contributed by atoms with Crippen LogP contribution in [0.1, 0.15) is 24.2 Å². The predicted molar refractivity (Wildman–Crippen MR) is 48.4 cm³/mol. The maximum atomic E-state index is 10.3. The molecule has 0 radical (unpaired) electrons. The SMILES string of the molecule is CC(C)Sc1ncc(C=O)cn1. The molecule has 4 heteroatoms. The van der Waals surface area contributed by atoms with Crippen LogP contribution in [0.2, 0.25) is 0 Å². The first-order chi connectivity index (χ1) is 5.72. The van der Waals surface area contributed by atoms with Crippen molar-refractivity contribution < 1.29 is 4.79 Å². The van der Waals surface area contributed by atoms with Gasteiger partial charge < -0.3 is 0 Å². The molecule has 3 nitrogen and oxygen atoms in total. The van der Waals surface area contributed by atoms with Gasteiger partial charge in [-0.2, -0.15) is 0 Å². The average Bonchev–Trinajstić information content (AvgIpc) is 2.05. The standard InChI is InChI=1S/C8H10N2OS/c1-6(2)12-8-9-3-7(5-11)4-10-8/h3-6H,1-2H3. The molecule has 0 aliphatic carbocycles. The fraction of sp³-hybridized carbons (Fsp3) is 0.375. The zero-order valence-electron chi connectivity index (χ0n) is 7.02. The predicted octanol–water partition coefficient (Wildman–Crippen LogP) is 1.79. The normalized spacial score (nSPS) is 10.2. The van der Waals surface area contributed by atoms with Crippen molar-refractivity contribution in [3.63, 3.8) is 0 Å². The second kappa shape index (κ2) is 4.21. The van der Waals surface area contributed by atoms with Gasteiger partial charge in [0.1, 0.15) is 0 Å². The van der Waals surface area contributed by atoms with E-state index in [9.17, 15) is 4.79 Å². The molecule has 0 saturated carbocycles. The molecule has 1 aromatic rings. The van der Waals surface area contributed by atoms with E-state index >= 15 is 0 Å². The van der Waals surface area contributed by atoms with Gasteiger partial charge in [0, 0.05) is 17.6 Å². The van der Waals surface area contributed by atoms with E-state index in [1.807, 2.05) is 0 Å². The zero-order chi connectivity index (χ0) is 8.97. The molecular weight excluding hydrogens is 172 g/mol. The molecule has 1 heterocycles. The van der Waals surface area contributed by atoms with Crippen molar-refractivity contribution in [2.75, 3.05) is 0 Å². The van der Waals surface area contributed by atoms with Gasteiger partial charge in [-0.25, -0.2) is 9.97 Å². The van der Waals surface area contributed by atoms with E-state index in [1.165, 1.54) is 12.4 Å². The Morgan fingerprint density at radius 3 is 2.42 bits per heavy atom. The zero-order valence-corrected chi connectivity index (χ0v) is 7.84. The molecule has 1 rings (SSSR count). The maximum absolute atomic E-state index is 10.3. The highest BCUT2D eigenvalue weighted by Gasteiger charge is 2.00. The van der Waals surface area contributed by atoms with Crippen LogP contribution in [0, 0.1) is 0 Å². The first-order valence-corrected chi connectivity index (χ1v) is 4.54. The third-order valence-electron chi connectivity index (χ3n) is 1.13. The molecule has 0 saturated heterocycles. The van der Waals surface area contributed by atoms with Crippen molar-refractivity contribution >= 4 is 18.0 Å². The Morgan fingerprint density at radius 1 is 1.42 bits per heavy atom. The van der Waals surface area contributed by atoms with E-state index in [0.29, 0.717) is 10.8 Å². The third kappa shape index (κ3) is 2.62. The van der Waals surface area contributed by atoms with Gasteiger partial charge in [-0.05, 0) is 0 Å². The monoisotopic (exact) mass is 182 g/mol. The van der Waals surface area contributed by atoms with Gasteiger partial charge in [-0.3, -0.25) is 4.79 Å². The molecule has 0 bridgehead atoms. The Bertz CT molecular complexity index is 258. The molecule has 64 valence electrons. The van der Waals surface area contributed by atoms with E-state index in [1.54, 1.807) is 11.8 Å². The summed E-state index contributed by atoms with van der Waals surface area (Å²) < 4.78 is 0. The van der Waals surface area contributed by atoms with Gasteiger partial charge in [0.05, 0.1) is 5.56 Å². The Labute approximate surface area is 75.6 Å². The van der Waals surface area contributed by atoms with Gasteiger partial charge in [0.15, 0.2) is 11.4 Å². The van der Waals surface area contributed by atoms with Gasteiger partial charge in [0.2, 0.25) is 0 Å². The van der Waals surface area contributed by atoms with Crippen molar-refractivity contribution in [1.29, 1.82) is 0 Å². The summed E-state index contributed by atoms with van der Waals surface area (Å²) in [5.41, 5.74) is 0.517. The van der Waals surface area contributed by atoms with Crippen LogP contribution in [-0.4, -0.2) is 21.5 Å². The summed E-state index contributed by atoms with van der Waals surface area (Å²) >= 11 is 1.58. The largest absolute Gasteiger partial charge is 0.298 e. The second-order valence-corrected chi connectivity index (χ2v) is 4.13. The molecule has 0 amide bonds. The molecule has 0 aliphatic heterocycles. The van der Waals surface area contributed by atoms with Crippen molar-refractivity contribution in [3.05, 3.63) is 18.0 Å². The number of carbonyl (C=O) groups is 1. The fourth-order valence-corrected chi connectivity index (χ4v) is 1.31. The fourth-order valence-electron chi connectivity index (χ4n) is 0.659. The molecule has 0 N–H and O–H groups in total. The number of hydrogen-bond donors (Lipinski definition) is 0.